The van der Waals surface area contributed by atoms with Crippen LogP contribution in [0, 0.1) is 4.77 Å². The second-order valence-electron chi connectivity index (χ2n) is 4.76. The Kier molecular flexibility index (Phi) is 5.31. The fourth-order valence-corrected chi connectivity index (χ4v) is 2.97. The molecule has 0 saturated carbocycles. The predicted molar refractivity (Wildman–Crippen MR) is 74.1 cm³/mol. The molecule has 12 heteroatoms. The molecule has 1 aromatic rings. The molecule has 128 valence electrons. The van der Waals surface area contributed by atoms with Gasteiger partial charge in [0.15, 0.2) is 4.77 Å². The van der Waals surface area contributed by atoms with E-state index in [-0.39, 0.29) is 20.9 Å². The van der Waals surface area contributed by atoms with Crippen molar-refractivity contribution in [3.63, 3.8) is 0 Å². The molecule has 0 spiro atoms. The molecule has 22 heavy (non-hydrogen) atoms. The molecule has 0 unspecified atom stereocenters. The van der Waals surface area contributed by atoms with Gasteiger partial charge >= 0.3 is 18.0 Å². The van der Waals surface area contributed by atoms with E-state index in [0.29, 0.717) is 4.57 Å². The van der Waals surface area contributed by atoms with Crippen molar-refractivity contribution in [2.45, 2.75) is 54.5 Å². The van der Waals surface area contributed by atoms with Crippen molar-refractivity contribution < 1.29 is 30.7 Å². The number of halogens is 7. The minimum absolute atomic E-state index is 0.00513. The second-order valence-corrected chi connectivity index (χ2v) is 5.97. The van der Waals surface area contributed by atoms with Crippen molar-refractivity contribution in [3.8, 4) is 0 Å². The Hall–Kier alpha value is -0.360. The third-order valence-electron chi connectivity index (χ3n) is 2.81. The van der Waals surface area contributed by atoms with Crippen LogP contribution >= 0.6 is 37.5 Å². The molecule has 0 aliphatic rings. The van der Waals surface area contributed by atoms with Crippen molar-refractivity contribution in [1.82, 2.24) is 9.13 Å². The molecule has 0 atom stereocenters. The summed E-state index contributed by atoms with van der Waals surface area (Å²) in [6, 6.07) is -0.371. The van der Waals surface area contributed by atoms with Crippen LogP contribution in [0.25, 0.3) is 0 Å². The van der Waals surface area contributed by atoms with Gasteiger partial charge in [0.2, 0.25) is 0 Å². The molecule has 0 radical (unpaired) electrons. The van der Waals surface area contributed by atoms with E-state index in [9.17, 15) is 30.7 Å². The number of hydrogen-bond donors (Lipinski definition) is 2. The van der Waals surface area contributed by atoms with Crippen LogP contribution in [0.4, 0.5) is 30.7 Å². The first-order valence-corrected chi connectivity index (χ1v) is 7.00. The third-order valence-corrected chi connectivity index (χ3v) is 4.28. The van der Waals surface area contributed by atoms with Gasteiger partial charge in [-0.25, -0.2) is 0 Å². The first-order chi connectivity index (χ1) is 9.65. The average molecular weight is 388 g/mol. The number of alkyl halides is 7. The van der Waals surface area contributed by atoms with Gasteiger partial charge in [-0.05, 0) is 26.1 Å². The molecule has 1 heterocycles. The van der Waals surface area contributed by atoms with E-state index in [1.165, 1.54) is 4.57 Å². The molecule has 0 aromatic carbocycles. The Labute approximate surface area is 137 Å². The Morgan fingerprint density at radius 1 is 1.00 bits per heavy atom. The monoisotopic (exact) mass is 388 g/mol. The van der Waals surface area contributed by atoms with Gasteiger partial charge in [0.05, 0.1) is 6.54 Å². The van der Waals surface area contributed by atoms with Gasteiger partial charge in [-0.3, -0.25) is 0 Å². The highest BCUT2D eigenvalue weighted by Gasteiger charge is 2.73. The fraction of sp³-hybridized carbons (Fsp3) is 0.700. The maximum atomic E-state index is 13.5. The normalized spacial score (nSPS) is 14.0. The smallest absolute Gasteiger partial charge is 0.309 e. The summed E-state index contributed by atoms with van der Waals surface area (Å²) in [7, 11) is 0. The molecule has 0 aliphatic heterocycles. The molecule has 0 saturated heterocycles. The van der Waals surface area contributed by atoms with Gasteiger partial charge in [0.25, 0.3) is 0 Å². The minimum Gasteiger partial charge on any atom is -0.309 e. The van der Waals surface area contributed by atoms with E-state index in [0.717, 1.165) is 0 Å². The SMILES string of the molecule is CC(C)n1c(S)c(S)n(CC(F)(F)C(F)(F)C(F)(F)F)c1=S. The molecule has 0 aliphatic carbocycles. The maximum Gasteiger partial charge on any atom is 0.459 e. The highest BCUT2D eigenvalue weighted by Crippen LogP contribution is 2.47. The van der Waals surface area contributed by atoms with Crippen LogP contribution in [0.15, 0.2) is 10.1 Å². The summed E-state index contributed by atoms with van der Waals surface area (Å²) in [4.78, 5) is 0. The van der Waals surface area contributed by atoms with Crippen molar-refractivity contribution >= 4 is 37.5 Å². The van der Waals surface area contributed by atoms with E-state index in [2.05, 4.69) is 25.3 Å². The summed E-state index contributed by atoms with van der Waals surface area (Å²) in [5.74, 6) is -11.6. The molecule has 1 aromatic heterocycles. The van der Waals surface area contributed by atoms with Crippen LogP contribution in [0.2, 0.25) is 0 Å². The highest BCUT2D eigenvalue weighted by atomic mass is 32.1. The lowest BCUT2D eigenvalue weighted by molar-refractivity contribution is -0.357. The van der Waals surface area contributed by atoms with E-state index < -0.39 is 24.6 Å². The molecule has 2 nitrogen and oxygen atoms in total. The summed E-state index contributed by atoms with van der Waals surface area (Å²) in [6.07, 6.45) is -6.39. The summed E-state index contributed by atoms with van der Waals surface area (Å²) >= 11 is 12.6. The van der Waals surface area contributed by atoms with Gasteiger partial charge in [-0.1, -0.05) is 0 Å². The predicted octanol–water partition coefficient (Wildman–Crippen LogP) is 5.01. The second kappa shape index (κ2) is 5.93. The topological polar surface area (TPSA) is 9.86 Å². The van der Waals surface area contributed by atoms with E-state index in [4.69, 9.17) is 12.2 Å². The minimum atomic E-state index is -6.39. The van der Waals surface area contributed by atoms with E-state index in [1.54, 1.807) is 13.8 Å². The van der Waals surface area contributed by atoms with Crippen LogP contribution in [0.3, 0.4) is 0 Å². The summed E-state index contributed by atoms with van der Waals surface area (Å²) in [6.45, 7) is 1.25. The van der Waals surface area contributed by atoms with Crippen molar-refractivity contribution in [2.75, 3.05) is 0 Å². The number of imidazole rings is 1. The molecule has 0 fully saturated rings. The molecule has 0 amide bonds. The Morgan fingerprint density at radius 3 is 1.77 bits per heavy atom. The molecule has 0 N–H and O–H groups in total. The van der Waals surface area contributed by atoms with Gasteiger partial charge in [-0.2, -0.15) is 30.7 Å². The average Bonchev–Trinajstić information content (AvgIpc) is 2.51. The fourth-order valence-electron chi connectivity index (χ4n) is 1.65. The zero-order valence-electron chi connectivity index (χ0n) is 11.1. The summed E-state index contributed by atoms with van der Waals surface area (Å²) in [5.41, 5.74) is 0. The lowest BCUT2D eigenvalue weighted by Crippen LogP contribution is -2.53. The highest BCUT2D eigenvalue weighted by molar-refractivity contribution is 7.83. The lowest BCUT2D eigenvalue weighted by Gasteiger charge is -2.28. The van der Waals surface area contributed by atoms with Crippen molar-refractivity contribution in [1.29, 1.82) is 0 Å². The number of thiol groups is 2. The first-order valence-electron chi connectivity index (χ1n) is 5.70. The number of hydrogen-bond acceptors (Lipinski definition) is 3. The molecular formula is C10H11F7N2S3. The Balaban J connectivity index is 3.37. The Bertz CT molecular complexity index is 615. The van der Waals surface area contributed by atoms with Crippen molar-refractivity contribution in [3.05, 3.63) is 4.77 Å². The molecule has 1 rings (SSSR count). The van der Waals surface area contributed by atoms with Crippen LogP contribution in [0.5, 0.6) is 0 Å². The van der Waals surface area contributed by atoms with Crippen LogP contribution in [-0.2, 0) is 6.54 Å². The van der Waals surface area contributed by atoms with Crippen LogP contribution in [-0.4, -0.2) is 27.2 Å². The quantitative estimate of drug-likeness (QED) is 0.419. The first kappa shape index (κ1) is 19.7. The van der Waals surface area contributed by atoms with Crippen LogP contribution < -0.4 is 0 Å². The number of aromatic nitrogens is 2. The van der Waals surface area contributed by atoms with Crippen LogP contribution in [0.1, 0.15) is 19.9 Å². The van der Waals surface area contributed by atoms with Gasteiger partial charge in [-0.15, -0.1) is 25.3 Å². The van der Waals surface area contributed by atoms with Crippen molar-refractivity contribution in [2.24, 2.45) is 0 Å². The number of nitrogens with zero attached hydrogens (tertiary/aromatic N) is 2. The van der Waals surface area contributed by atoms with Gasteiger partial charge < -0.3 is 9.13 Å². The zero-order chi connectivity index (χ0) is 17.7. The lowest BCUT2D eigenvalue weighted by atomic mass is 10.1. The molecule has 0 bridgehead atoms. The largest absolute Gasteiger partial charge is 0.459 e. The van der Waals surface area contributed by atoms with E-state index >= 15 is 0 Å². The van der Waals surface area contributed by atoms with Gasteiger partial charge in [0.1, 0.15) is 10.1 Å². The van der Waals surface area contributed by atoms with Gasteiger partial charge in [0, 0.05) is 6.04 Å². The summed E-state index contributed by atoms with van der Waals surface area (Å²) < 4.78 is 90.5. The van der Waals surface area contributed by atoms with E-state index in [1.807, 2.05) is 0 Å². The Morgan fingerprint density at radius 2 is 1.45 bits per heavy atom. The number of rotatable bonds is 4. The zero-order valence-corrected chi connectivity index (χ0v) is 13.7. The standard InChI is InChI=1S/C10H11F7N2S3/c1-4(2)19-6(21)5(20)18(7(19)22)3-8(11,12)9(13,14)10(15,16)17/h4,20-21H,3H2,1-2H3. The summed E-state index contributed by atoms with van der Waals surface area (Å²) in [5, 5.41) is -0.325. The maximum absolute atomic E-state index is 13.5. The molecular weight excluding hydrogens is 377 g/mol. The third kappa shape index (κ3) is 3.14.